The lowest BCUT2D eigenvalue weighted by Crippen LogP contribution is -2.13. The Bertz CT molecular complexity index is 726. The van der Waals surface area contributed by atoms with E-state index in [0.29, 0.717) is 6.54 Å². The third-order valence-corrected chi connectivity index (χ3v) is 5.91. The summed E-state index contributed by atoms with van der Waals surface area (Å²) in [4.78, 5) is 0.938. The molecule has 2 N–H and O–H groups in total. The van der Waals surface area contributed by atoms with Crippen LogP contribution in [0.2, 0.25) is 0 Å². The molecule has 0 unspecified atom stereocenters. The summed E-state index contributed by atoms with van der Waals surface area (Å²) in [6, 6.07) is 7.66. The van der Waals surface area contributed by atoms with Gasteiger partial charge in [0.05, 0.1) is 5.69 Å². The standard InChI is InChI=1S/C14H17FN2O2S2/c1-3-16-9-11-7-8-14(20-11)21(18,19)17-13-6-4-5-12(15)10(13)2/h4-8,16-17H,3,9H2,1-2H3. The number of thiophene rings is 1. The summed E-state index contributed by atoms with van der Waals surface area (Å²) >= 11 is 1.20. The van der Waals surface area contributed by atoms with Gasteiger partial charge in [-0.05, 0) is 37.7 Å². The van der Waals surface area contributed by atoms with Gasteiger partial charge in [-0.2, -0.15) is 0 Å². The maximum absolute atomic E-state index is 13.5. The van der Waals surface area contributed by atoms with Gasteiger partial charge in [-0.1, -0.05) is 13.0 Å². The van der Waals surface area contributed by atoms with Gasteiger partial charge in [-0.15, -0.1) is 11.3 Å². The SMILES string of the molecule is CCNCc1ccc(S(=O)(=O)Nc2cccc(F)c2C)s1. The van der Waals surface area contributed by atoms with Crippen LogP contribution in [0.15, 0.2) is 34.5 Å². The molecule has 4 nitrogen and oxygen atoms in total. The van der Waals surface area contributed by atoms with E-state index in [1.807, 2.05) is 6.92 Å². The Balaban J connectivity index is 2.22. The number of anilines is 1. The summed E-state index contributed by atoms with van der Waals surface area (Å²) in [7, 11) is -3.68. The van der Waals surface area contributed by atoms with Crippen molar-refractivity contribution >= 4 is 27.0 Å². The minimum absolute atomic E-state index is 0.221. The molecule has 0 saturated carbocycles. The van der Waals surface area contributed by atoms with Crippen molar-refractivity contribution in [2.45, 2.75) is 24.6 Å². The van der Waals surface area contributed by atoms with E-state index in [4.69, 9.17) is 0 Å². The Morgan fingerprint density at radius 2 is 2.00 bits per heavy atom. The van der Waals surface area contributed by atoms with E-state index < -0.39 is 15.8 Å². The van der Waals surface area contributed by atoms with Gasteiger partial charge in [0.15, 0.2) is 0 Å². The molecule has 114 valence electrons. The minimum atomic E-state index is -3.68. The summed E-state index contributed by atoms with van der Waals surface area (Å²) in [6.07, 6.45) is 0. The van der Waals surface area contributed by atoms with Gasteiger partial charge in [0.25, 0.3) is 10.0 Å². The third-order valence-electron chi connectivity index (χ3n) is 2.96. The van der Waals surface area contributed by atoms with E-state index in [0.717, 1.165) is 11.4 Å². The first-order valence-corrected chi connectivity index (χ1v) is 8.81. The zero-order valence-electron chi connectivity index (χ0n) is 11.8. The van der Waals surface area contributed by atoms with Crippen LogP contribution in [0.25, 0.3) is 0 Å². The second kappa shape index (κ2) is 6.55. The second-order valence-electron chi connectivity index (χ2n) is 4.52. The molecule has 21 heavy (non-hydrogen) atoms. The lowest BCUT2D eigenvalue weighted by atomic mass is 10.2. The number of benzene rings is 1. The molecule has 2 aromatic rings. The molecule has 7 heteroatoms. The molecule has 0 radical (unpaired) electrons. The zero-order valence-corrected chi connectivity index (χ0v) is 13.4. The fourth-order valence-electron chi connectivity index (χ4n) is 1.76. The molecule has 0 atom stereocenters. The molecule has 0 spiro atoms. The first-order chi connectivity index (χ1) is 9.94. The van der Waals surface area contributed by atoms with Gasteiger partial charge in [-0.25, -0.2) is 12.8 Å². The van der Waals surface area contributed by atoms with Crippen molar-refractivity contribution in [2.24, 2.45) is 0 Å². The topological polar surface area (TPSA) is 58.2 Å². The number of hydrogen-bond donors (Lipinski definition) is 2. The summed E-state index contributed by atoms with van der Waals surface area (Å²) in [5, 5.41) is 3.14. The van der Waals surface area contributed by atoms with Gasteiger partial charge >= 0.3 is 0 Å². The van der Waals surface area contributed by atoms with Crippen molar-refractivity contribution in [1.82, 2.24) is 5.32 Å². The van der Waals surface area contributed by atoms with Crippen LogP contribution in [-0.4, -0.2) is 15.0 Å². The van der Waals surface area contributed by atoms with Crippen molar-refractivity contribution < 1.29 is 12.8 Å². The first-order valence-electron chi connectivity index (χ1n) is 6.51. The average molecular weight is 328 g/mol. The summed E-state index contributed by atoms with van der Waals surface area (Å²) in [5.41, 5.74) is 0.544. The van der Waals surface area contributed by atoms with Crippen LogP contribution in [0.1, 0.15) is 17.4 Å². The summed E-state index contributed by atoms with van der Waals surface area (Å²) in [5.74, 6) is -0.436. The molecular weight excluding hydrogens is 311 g/mol. The molecule has 2 rings (SSSR count). The van der Waals surface area contributed by atoms with Gasteiger partial charge in [0.2, 0.25) is 0 Å². The lowest BCUT2D eigenvalue weighted by Gasteiger charge is -2.09. The number of sulfonamides is 1. The molecule has 0 fully saturated rings. The van der Waals surface area contributed by atoms with Crippen LogP contribution >= 0.6 is 11.3 Å². The van der Waals surface area contributed by atoms with Crippen molar-refractivity contribution in [3.05, 3.63) is 46.6 Å². The van der Waals surface area contributed by atoms with Crippen LogP contribution in [0, 0.1) is 12.7 Å². The highest BCUT2D eigenvalue weighted by atomic mass is 32.2. The van der Waals surface area contributed by atoms with E-state index in [-0.39, 0.29) is 15.5 Å². The molecule has 0 amide bonds. The number of hydrogen-bond acceptors (Lipinski definition) is 4. The molecule has 0 saturated heterocycles. The maximum Gasteiger partial charge on any atom is 0.271 e. The number of nitrogens with one attached hydrogen (secondary N) is 2. The fourth-order valence-corrected chi connectivity index (χ4v) is 4.21. The molecular formula is C14H17FN2O2S2. The average Bonchev–Trinajstić information content (AvgIpc) is 2.91. The van der Waals surface area contributed by atoms with Crippen LogP contribution in [0.5, 0.6) is 0 Å². The quantitative estimate of drug-likeness (QED) is 0.856. The highest BCUT2D eigenvalue weighted by Gasteiger charge is 2.18. The smallest absolute Gasteiger partial charge is 0.271 e. The van der Waals surface area contributed by atoms with Crippen LogP contribution in [0.3, 0.4) is 0 Å². The molecule has 1 aromatic heterocycles. The second-order valence-corrected chi connectivity index (χ2v) is 7.60. The van der Waals surface area contributed by atoms with Crippen LogP contribution in [0.4, 0.5) is 10.1 Å². The Morgan fingerprint density at radius 3 is 2.71 bits per heavy atom. The van der Waals surface area contributed by atoms with Gasteiger partial charge < -0.3 is 5.32 Å². The monoisotopic (exact) mass is 328 g/mol. The van der Waals surface area contributed by atoms with E-state index >= 15 is 0 Å². The van der Waals surface area contributed by atoms with Crippen molar-refractivity contribution in [3.8, 4) is 0 Å². The molecule has 1 heterocycles. The predicted molar refractivity (Wildman–Crippen MR) is 83.6 cm³/mol. The summed E-state index contributed by atoms with van der Waals surface area (Å²) in [6.45, 7) is 4.98. The maximum atomic E-state index is 13.5. The van der Waals surface area contributed by atoms with Gasteiger partial charge in [0, 0.05) is 17.0 Å². The molecule has 0 bridgehead atoms. The molecule has 0 aliphatic heterocycles. The Labute approximate surface area is 128 Å². The Morgan fingerprint density at radius 1 is 1.24 bits per heavy atom. The minimum Gasteiger partial charge on any atom is -0.312 e. The Hall–Kier alpha value is -1.44. The molecule has 0 aliphatic rings. The largest absolute Gasteiger partial charge is 0.312 e. The molecule has 0 aliphatic carbocycles. The van der Waals surface area contributed by atoms with E-state index in [1.54, 1.807) is 18.2 Å². The van der Waals surface area contributed by atoms with Crippen molar-refractivity contribution in [2.75, 3.05) is 11.3 Å². The zero-order chi connectivity index (χ0) is 15.5. The number of halogens is 1. The van der Waals surface area contributed by atoms with Crippen molar-refractivity contribution in [3.63, 3.8) is 0 Å². The van der Waals surface area contributed by atoms with E-state index in [9.17, 15) is 12.8 Å². The van der Waals surface area contributed by atoms with E-state index in [1.165, 1.54) is 30.4 Å². The van der Waals surface area contributed by atoms with E-state index in [2.05, 4.69) is 10.0 Å². The van der Waals surface area contributed by atoms with Gasteiger partial charge in [0.1, 0.15) is 10.0 Å². The van der Waals surface area contributed by atoms with Crippen LogP contribution in [-0.2, 0) is 16.6 Å². The lowest BCUT2D eigenvalue weighted by molar-refractivity contribution is 0.602. The van der Waals surface area contributed by atoms with Gasteiger partial charge in [-0.3, -0.25) is 4.72 Å². The summed E-state index contributed by atoms with van der Waals surface area (Å²) < 4.78 is 40.7. The van der Waals surface area contributed by atoms with Crippen molar-refractivity contribution in [1.29, 1.82) is 0 Å². The highest BCUT2D eigenvalue weighted by Crippen LogP contribution is 2.26. The van der Waals surface area contributed by atoms with Crippen LogP contribution < -0.4 is 10.0 Å². The third kappa shape index (κ3) is 3.81. The molecule has 1 aromatic carbocycles. The fraction of sp³-hybridized carbons (Fsp3) is 0.286. The Kier molecular flexibility index (Phi) is 4.97. The normalized spacial score (nSPS) is 11.6. The predicted octanol–water partition coefficient (Wildman–Crippen LogP) is 3.11. The first kappa shape index (κ1) is 15.9. The highest BCUT2D eigenvalue weighted by molar-refractivity contribution is 7.94. The number of rotatable bonds is 6.